The molecule has 18 heavy (non-hydrogen) atoms. The highest BCUT2D eigenvalue weighted by Crippen LogP contribution is 2.24. The van der Waals surface area contributed by atoms with Crippen LogP contribution in [-0.4, -0.2) is 29.6 Å². The number of amides is 1. The Labute approximate surface area is 113 Å². The Morgan fingerprint density at radius 1 is 1.67 bits per heavy atom. The molecule has 1 amide bonds. The number of rotatable bonds is 3. The molecule has 1 saturated heterocycles. The van der Waals surface area contributed by atoms with Crippen molar-refractivity contribution in [1.82, 2.24) is 10.3 Å². The molecule has 5 nitrogen and oxygen atoms in total. The van der Waals surface area contributed by atoms with Gasteiger partial charge in [-0.05, 0) is 25.8 Å². The van der Waals surface area contributed by atoms with Crippen LogP contribution in [-0.2, 0) is 4.74 Å². The van der Waals surface area contributed by atoms with Crippen molar-refractivity contribution < 1.29 is 9.53 Å². The Morgan fingerprint density at radius 2 is 2.44 bits per heavy atom. The molecule has 0 spiro atoms. The minimum atomic E-state index is -0.243. The molecule has 1 aliphatic rings. The van der Waals surface area contributed by atoms with E-state index in [0.29, 0.717) is 17.8 Å². The van der Waals surface area contributed by atoms with Crippen LogP contribution in [0.3, 0.4) is 0 Å². The number of halogens is 1. The van der Waals surface area contributed by atoms with Crippen LogP contribution in [0.1, 0.15) is 30.1 Å². The summed E-state index contributed by atoms with van der Waals surface area (Å²) in [7, 11) is 0. The summed E-state index contributed by atoms with van der Waals surface area (Å²) in [4.78, 5) is 15.8. The molecule has 1 aliphatic heterocycles. The van der Waals surface area contributed by atoms with E-state index in [1.807, 2.05) is 6.92 Å². The predicted octanol–water partition coefficient (Wildman–Crippen LogP) is 1.38. The van der Waals surface area contributed by atoms with E-state index in [1.54, 1.807) is 12.3 Å². The monoisotopic (exact) mass is 271 g/mol. The molecule has 100 valence electrons. The number of pyridine rings is 1. The van der Waals surface area contributed by atoms with Crippen molar-refractivity contribution >= 4 is 24.0 Å². The minimum absolute atomic E-state index is 0. The summed E-state index contributed by atoms with van der Waals surface area (Å²) in [6, 6.07) is 1.61. The van der Waals surface area contributed by atoms with Crippen LogP contribution >= 0.6 is 12.4 Å². The molecule has 0 saturated carbocycles. The smallest absolute Gasteiger partial charge is 0.255 e. The lowest BCUT2D eigenvalue weighted by Gasteiger charge is -2.23. The van der Waals surface area contributed by atoms with Crippen molar-refractivity contribution in [2.24, 2.45) is 0 Å². The van der Waals surface area contributed by atoms with Gasteiger partial charge in [-0.2, -0.15) is 0 Å². The van der Waals surface area contributed by atoms with Gasteiger partial charge in [-0.25, -0.2) is 0 Å². The highest BCUT2D eigenvalue weighted by molar-refractivity contribution is 5.98. The number of aromatic nitrogens is 1. The Bertz CT molecular complexity index is 420. The first-order valence-electron chi connectivity index (χ1n) is 5.72. The molecule has 0 radical (unpaired) electrons. The number of anilines is 1. The SMILES string of the molecule is CC1(CNC(=O)c2cnccc2N)CCCO1.Cl. The van der Waals surface area contributed by atoms with Crippen molar-refractivity contribution in [2.75, 3.05) is 18.9 Å². The third kappa shape index (κ3) is 3.34. The van der Waals surface area contributed by atoms with Crippen molar-refractivity contribution in [3.8, 4) is 0 Å². The number of hydrogen-bond donors (Lipinski definition) is 2. The van der Waals surface area contributed by atoms with E-state index in [4.69, 9.17) is 10.5 Å². The topological polar surface area (TPSA) is 77.2 Å². The molecule has 2 heterocycles. The molecule has 0 aliphatic carbocycles. The summed E-state index contributed by atoms with van der Waals surface area (Å²) >= 11 is 0. The Hall–Kier alpha value is -1.33. The Morgan fingerprint density at radius 3 is 3.06 bits per heavy atom. The maximum Gasteiger partial charge on any atom is 0.255 e. The molecule has 2 rings (SSSR count). The number of nitrogen functional groups attached to an aromatic ring is 1. The molecule has 1 atom stereocenters. The Balaban J connectivity index is 0.00000162. The van der Waals surface area contributed by atoms with Gasteiger partial charge >= 0.3 is 0 Å². The van der Waals surface area contributed by atoms with Gasteiger partial charge in [0.1, 0.15) is 0 Å². The second kappa shape index (κ2) is 6.02. The highest BCUT2D eigenvalue weighted by atomic mass is 35.5. The molecule has 3 N–H and O–H groups in total. The number of ether oxygens (including phenoxy) is 1. The molecule has 6 heteroatoms. The van der Waals surface area contributed by atoms with Gasteiger partial charge in [0.25, 0.3) is 5.91 Å². The molecule has 1 aromatic heterocycles. The fourth-order valence-corrected chi connectivity index (χ4v) is 1.93. The number of nitrogens with zero attached hydrogens (tertiary/aromatic N) is 1. The average Bonchev–Trinajstić information content (AvgIpc) is 2.74. The number of carbonyl (C=O) groups is 1. The van der Waals surface area contributed by atoms with Gasteiger partial charge in [0.05, 0.1) is 11.2 Å². The molecule has 1 aromatic rings. The second-order valence-corrected chi connectivity index (χ2v) is 4.55. The van der Waals surface area contributed by atoms with Crippen molar-refractivity contribution in [2.45, 2.75) is 25.4 Å². The molecule has 1 fully saturated rings. The predicted molar refractivity (Wildman–Crippen MR) is 71.8 cm³/mol. The van der Waals surface area contributed by atoms with Crippen molar-refractivity contribution in [3.63, 3.8) is 0 Å². The number of nitrogens with two attached hydrogens (primary N) is 1. The van der Waals surface area contributed by atoms with Gasteiger partial charge in [0.2, 0.25) is 0 Å². The van der Waals surface area contributed by atoms with Crippen LogP contribution in [0, 0.1) is 0 Å². The van der Waals surface area contributed by atoms with Crippen LogP contribution in [0.4, 0.5) is 5.69 Å². The quantitative estimate of drug-likeness (QED) is 0.871. The molecule has 1 unspecified atom stereocenters. The largest absolute Gasteiger partial charge is 0.398 e. The summed E-state index contributed by atoms with van der Waals surface area (Å²) in [5.74, 6) is -0.202. The van der Waals surface area contributed by atoms with Crippen LogP contribution in [0.2, 0.25) is 0 Å². The lowest BCUT2D eigenvalue weighted by atomic mass is 10.0. The second-order valence-electron chi connectivity index (χ2n) is 4.55. The fraction of sp³-hybridized carbons (Fsp3) is 0.500. The first-order valence-corrected chi connectivity index (χ1v) is 5.72. The lowest BCUT2D eigenvalue weighted by Crippen LogP contribution is -2.40. The number of carbonyl (C=O) groups excluding carboxylic acids is 1. The highest BCUT2D eigenvalue weighted by Gasteiger charge is 2.30. The van der Waals surface area contributed by atoms with E-state index in [0.717, 1.165) is 19.4 Å². The van der Waals surface area contributed by atoms with E-state index in [2.05, 4.69) is 10.3 Å². The number of nitrogens with one attached hydrogen (secondary N) is 1. The van der Waals surface area contributed by atoms with E-state index >= 15 is 0 Å². The summed E-state index contributed by atoms with van der Waals surface area (Å²) in [6.07, 6.45) is 5.05. The molecule has 0 aromatic carbocycles. The first kappa shape index (κ1) is 14.7. The van der Waals surface area contributed by atoms with Gasteiger partial charge in [-0.1, -0.05) is 0 Å². The van der Waals surface area contributed by atoms with E-state index in [9.17, 15) is 4.79 Å². The zero-order chi connectivity index (χ0) is 12.3. The van der Waals surface area contributed by atoms with Gasteiger partial charge in [-0.15, -0.1) is 12.4 Å². The van der Waals surface area contributed by atoms with Crippen LogP contribution < -0.4 is 11.1 Å². The number of hydrogen-bond acceptors (Lipinski definition) is 4. The maximum atomic E-state index is 11.9. The third-order valence-electron chi connectivity index (χ3n) is 3.02. The summed E-state index contributed by atoms with van der Waals surface area (Å²) in [5.41, 5.74) is 6.31. The van der Waals surface area contributed by atoms with Crippen LogP contribution in [0.25, 0.3) is 0 Å². The van der Waals surface area contributed by atoms with Crippen molar-refractivity contribution in [3.05, 3.63) is 24.0 Å². The first-order chi connectivity index (χ1) is 8.11. The van der Waals surface area contributed by atoms with E-state index in [1.165, 1.54) is 6.20 Å². The van der Waals surface area contributed by atoms with E-state index in [-0.39, 0.29) is 23.9 Å². The zero-order valence-corrected chi connectivity index (χ0v) is 11.1. The van der Waals surface area contributed by atoms with Gasteiger partial charge in [-0.3, -0.25) is 9.78 Å². The maximum absolute atomic E-state index is 11.9. The fourth-order valence-electron chi connectivity index (χ4n) is 1.93. The van der Waals surface area contributed by atoms with Gasteiger partial charge < -0.3 is 15.8 Å². The molecular formula is C12H18ClN3O2. The van der Waals surface area contributed by atoms with Crippen molar-refractivity contribution in [1.29, 1.82) is 0 Å². The summed E-state index contributed by atoms with van der Waals surface area (Å²) in [6.45, 7) is 3.27. The standard InChI is InChI=1S/C12H17N3O2.ClH/c1-12(4-2-6-17-12)8-15-11(16)9-7-14-5-3-10(9)13;/h3,5,7H,2,4,6,8H2,1H3,(H2,13,14)(H,15,16);1H. The summed E-state index contributed by atoms with van der Waals surface area (Å²) < 4.78 is 5.60. The zero-order valence-electron chi connectivity index (χ0n) is 10.3. The van der Waals surface area contributed by atoms with Gasteiger partial charge in [0.15, 0.2) is 0 Å². The lowest BCUT2D eigenvalue weighted by molar-refractivity contribution is 0.0206. The van der Waals surface area contributed by atoms with Crippen LogP contribution in [0.15, 0.2) is 18.5 Å². The average molecular weight is 272 g/mol. The minimum Gasteiger partial charge on any atom is -0.398 e. The Kier molecular flexibility index (Phi) is 4.93. The molecule has 0 bridgehead atoms. The van der Waals surface area contributed by atoms with Gasteiger partial charge in [0, 0.05) is 31.2 Å². The third-order valence-corrected chi connectivity index (χ3v) is 3.02. The van der Waals surface area contributed by atoms with Crippen LogP contribution in [0.5, 0.6) is 0 Å². The summed E-state index contributed by atoms with van der Waals surface area (Å²) in [5, 5.41) is 2.84. The molecular weight excluding hydrogens is 254 g/mol. The van der Waals surface area contributed by atoms with E-state index < -0.39 is 0 Å². The normalized spacial score (nSPS) is 22.3.